The van der Waals surface area contributed by atoms with Gasteiger partial charge in [-0.1, -0.05) is 37.1 Å². The van der Waals surface area contributed by atoms with E-state index in [4.69, 9.17) is 5.73 Å². The number of nitrogens with two attached hydrogens (primary N) is 1. The molecule has 0 saturated carbocycles. The lowest BCUT2D eigenvalue weighted by Crippen LogP contribution is -2.25. The zero-order valence-corrected chi connectivity index (χ0v) is 8.09. The van der Waals surface area contributed by atoms with E-state index in [9.17, 15) is 0 Å². The average molecular weight is 165 g/mol. The first-order valence-electron chi connectivity index (χ1n) is 4.87. The molecule has 1 heteroatoms. The second kappa shape index (κ2) is 4.46. The minimum Gasteiger partial charge on any atom is -0.327 e. The van der Waals surface area contributed by atoms with Crippen molar-refractivity contribution < 1.29 is 0 Å². The van der Waals surface area contributed by atoms with Gasteiger partial charge in [-0.2, -0.15) is 0 Å². The van der Waals surface area contributed by atoms with Crippen molar-refractivity contribution in [3.63, 3.8) is 0 Å². The predicted molar refractivity (Wildman–Crippen MR) is 53.9 cm³/mol. The summed E-state index contributed by atoms with van der Waals surface area (Å²) in [7, 11) is 0. The van der Waals surface area contributed by atoms with E-state index in [-0.39, 0.29) is 0 Å². The topological polar surface area (TPSA) is 26.0 Å². The third kappa shape index (κ3) is 2.49. The fourth-order valence-corrected chi connectivity index (χ4v) is 1.55. The van der Waals surface area contributed by atoms with Crippen LogP contribution in [0.4, 0.5) is 0 Å². The third-order valence-electron chi connectivity index (χ3n) is 2.42. The van der Waals surface area contributed by atoms with E-state index < -0.39 is 0 Å². The molecule has 12 heavy (non-hydrogen) atoms. The lowest BCUT2D eigenvalue weighted by atomic mass is 9.90. The van der Waals surface area contributed by atoms with Crippen molar-refractivity contribution >= 4 is 0 Å². The summed E-state index contributed by atoms with van der Waals surface area (Å²) in [6.45, 7) is 4.29. The van der Waals surface area contributed by atoms with Gasteiger partial charge in [-0.15, -0.1) is 0 Å². The summed E-state index contributed by atoms with van der Waals surface area (Å²) >= 11 is 0. The van der Waals surface area contributed by atoms with Gasteiger partial charge in [0.1, 0.15) is 0 Å². The largest absolute Gasteiger partial charge is 0.327 e. The fourth-order valence-electron chi connectivity index (χ4n) is 1.55. The van der Waals surface area contributed by atoms with Crippen molar-refractivity contribution in [2.24, 2.45) is 11.7 Å². The fraction of sp³-hybridized carbons (Fsp3) is 0.636. The second-order valence-corrected chi connectivity index (χ2v) is 3.65. The molecule has 0 radical (unpaired) electrons. The van der Waals surface area contributed by atoms with Crippen LogP contribution in [-0.4, -0.2) is 6.04 Å². The van der Waals surface area contributed by atoms with E-state index >= 15 is 0 Å². The molecule has 0 spiro atoms. The quantitative estimate of drug-likeness (QED) is 0.683. The van der Waals surface area contributed by atoms with Gasteiger partial charge in [-0.05, 0) is 25.7 Å². The molecular weight excluding hydrogens is 146 g/mol. The molecule has 1 rings (SSSR count). The van der Waals surface area contributed by atoms with Crippen LogP contribution < -0.4 is 5.73 Å². The average Bonchev–Trinajstić information content (AvgIpc) is 2.06. The van der Waals surface area contributed by atoms with Crippen LogP contribution in [0.5, 0.6) is 0 Å². The molecule has 0 aromatic heterocycles. The number of hydrogen-bond donors (Lipinski definition) is 1. The lowest BCUT2D eigenvalue weighted by molar-refractivity contribution is 0.535. The van der Waals surface area contributed by atoms with Crippen LogP contribution in [0.25, 0.3) is 0 Å². The summed E-state index contributed by atoms with van der Waals surface area (Å²) in [6.07, 6.45) is 10.4. The van der Waals surface area contributed by atoms with Gasteiger partial charge in [0.2, 0.25) is 0 Å². The number of hydrogen-bond acceptors (Lipinski definition) is 1. The Morgan fingerprint density at radius 2 is 2.42 bits per heavy atom. The molecule has 0 amide bonds. The third-order valence-corrected chi connectivity index (χ3v) is 2.42. The first-order chi connectivity index (χ1) is 5.74. The normalized spacial score (nSPS) is 25.2. The van der Waals surface area contributed by atoms with Crippen molar-refractivity contribution in [2.45, 2.75) is 39.2 Å². The molecule has 1 aliphatic carbocycles. The molecule has 0 aliphatic heterocycles. The highest BCUT2D eigenvalue weighted by atomic mass is 14.6. The van der Waals surface area contributed by atoms with E-state index in [0.717, 1.165) is 6.42 Å². The maximum atomic E-state index is 5.81. The van der Waals surface area contributed by atoms with E-state index in [1.54, 1.807) is 0 Å². The SMILES string of the molecule is CCCC1=CCC(C(C)N)C=C1. The van der Waals surface area contributed by atoms with E-state index in [1.807, 2.05) is 0 Å². The number of rotatable bonds is 3. The van der Waals surface area contributed by atoms with E-state index in [2.05, 4.69) is 32.1 Å². The number of allylic oxidation sites excluding steroid dienone is 3. The van der Waals surface area contributed by atoms with Crippen LogP contribution in [0, 0.1) is 5.92 Å². The van der Waals surface area contributed by atoms with Crippen molar-refractivity contribution in [1.29, 1.82) is 0 Å². The zero-order chi connectivity index (χ0) is 8.97. The van der Waals surface area contributed by atoms with Crippen molar-refractivity contribution in [2.75, 3.05) is 0 Å². The van der Waals surface area contributed by atoms with E-state index in [1.165, 1.54) is 18.4 Å². The van der Waals surface area contributed by atoms with Crippen LogP contribution in [0.1, 0.15) is 33.1 Å². The Hall–Kier alpha value is -0.560. The standard InChI is InChI=1S/C11H19N/c1-3-4-10-5-7-11(8-6-10)9(2)12/h5-7,9,11H,3-4,8,12H2,1-2H3. The zero-order valence-electron chi connectivity index (χ0n) is 8.09. The summed E-state index contributed by atoms with van der Waals surface area (Å²) in [5.41, 5.74) is 7.29. The summed E-state index contributed by atoms with van der Waals surface area (Å²) in [5, 5.41) is 0. The highest BCUT2D eigenvalue weighted by Gasteiger charge is 2.11. The van der Waals surface area contributed by atoms with Crippen LogP contribution in [0.15, 0.2) is 23.8 Å². The second-order valence-electron chi connectivity index (χ2n) is 3.65. The summed E-state index contributed by atoms with van der Waals surface area (Å²) < 4.78 is 0. The van der Waals surface area contributed by atoms with Crippen molar-refractivity contribution in [3.05, 3.63) is 23.8 Å². The Morgan fingerprint density at radius 3 is 2.83 bits per heavy atom. The molecule has 2 atom stereocenters. The molecule has 2 unspecified atom stereocenters. The molecular formula is C11H19N. The lowest BCUT2D eigenvalue weighted by Gasteiger charge is -2.19. The summed E-state index contributed by atoms with van der Waals surface area (Å²) in [6, 6.07) is 0.292. The minimum absolute atomic E-state index is 0.292. The Balaban J connectivity index is 2.44. The van der Waals surface area contributed by atoms with Crippen LogP contribution >= 0.6 is 0 Å². The highest BCUT2D eigenvalue weighted by Crippen LogP contribution is 2.20. The molecule has 2 N–H and O–H groups in total. The van der Waals surface area contributed by atoms with Gasteiger partial charge in [0.25, 0.3) is 0 Å². The monoisotopic (exact) mass is 165 g/mol. The van der Waals surface area contributed by atoms with Crippen LogP contribution in [0.2, 0.25) is 0 Å². The molecule has 1 nitrogen and oxygen atoms in total. The molecule has 0 aromatic carbocycles. The van der Waals surface area contributed by atoms with Crippen molar-refractivity contribution in [3.8, 4) is 0 Å². The van der Waals surface area contributed by atoms with E-state index in [0.29, 0.717) is 12.0 Å². The van der Waals surface area contributed by atoms with Gasteiger partial charge in [0, 0.05) is 6.04 Å². The molecule has 68 valence electrons. The van der Waals surface area contributed by atoms with Gasteiger partial charge in [-0.3, -0.25) is 0 Å². The Kier molecular flexibility index (Phi) is 3.54. The Labute approximate surface area is 75.3 Å². The molecule has 1 aliphatic rings. The molecule has 0 heterocycles. The first kappa shape index (κ1) is 9.53. The van der Waals surface area contributed by atoms with Gasteiger partial charge >= 0.3 is 0 Å². The predicted octanol–water partition coefficient (Wildman–Crippen LogP) is 2.64. The van der Waals surface area contributed by atoms with Crippen molar-refractivity contribution in [1.82, 2.24) is 0 Å². The molecule has 0 aromatic rings. The van der Waals surface area contributed by atoms with Crippen LogP contribution in [-0.2, 0) is 0 Å². The van der Waals surface area contributed by atoms with Crippen LogP contribution in [0.3, 0.4) is 0 Å². The highest BCUT2D eigenvalue weighted by molar-refractivity contribution is 5.24. The van der Waals surface area contributed by atoms with Gasteiger partial charge < -0.3 is 5.73 Å². The summed E-state index contributed by atoms with van der Waals surface area (Å²) in [4.78, 5) is 0. The van der Waals surface area contributed by atoms with Gasteiger partial charge in [0.15, 0.2) is 0 Å². The Bertz CT molecular complexity index is 189. The van der Waals surface area contributed by atoms with Gasteiger partial charge in [-0.25, -0.2) is 0 Å². The minimum atomic E-state index is 0.292. The molecule has 0 fully saturated rings. The van der Waals surface area contributed by atoms with Gasteiger partial charge in [0.05, 0.1) is 0 Å². The maximum Gasteiger partial charge on any atom is 0.00764 e. The Morgan fingerprint density at radius 1 is 1.67 bits per heavy atom. The smallest absolute Gasteiger partial charge is 0.00764 e. The molecule has 0 bridgehead atoms. The summed E-state index contributed by atoms with van der Waals surface area (Å²) in [5.74, 6) is 0.561. The maximum absolute atomic E-state index is 5.81. The molecule has 0 saturated heterocycles. The first-order valence-corrected chi connectivity index (χ1v) is 4.87.